The van der Waals surface area contributed by atoms with Crippen LogP contribution in [0.3, 0.4) is 0 Å². The van der Waals surface area contributed by atoms with Gasteiger partial charge in [-0.2, -0.15) is 22.0 Å². The van der Waals surface area contributed by atoms with Crippen LogP contribution in [0.4, 0.5) is 30.7 Å². The van der Waals surface area contributed by atoms with E-state index in [0.717, 1.165) is 0 Å². The molecule has 0 amide bonds. The Bertz CT molecular complexity index is 280. The van der Waals surface area contributed by atoms with E-state index in [9.17, 15) is 30.7 Å². The van der Waals surface area contributed by atoms with Crippen LogP contribution >= 0.6 is 0 Å². The van der Waals surface area contributed by atoms with Crippen molar-refractivity contribution in [2.75, 3.05) is 19.6 Å². The van der Waals surface area contributed by atoms with E-state index in [4.69, 9.17) is 5.11 Å². The molecular weight excluding hydrogens is 259 g/mol. The van der Waals surface area contributed by atoms with Gasteiger partial charge in [0.25, 0.3) is 0 Å². The summed E-state index contributed by atoms with van der Waals surface area (Å²) >= 11 is 0. The summed E-state index contributed by atoms with van der Waals surface area (Å²) < 4.78 is 85.7. The van der Waals surface area contributed by atoms with Crippen LogP contribution in [-0.2, 0) is 0 Å². The maximum Gasteiger partial charge on any atom is 0.418 e. The molecule has 0 spiro atoms. The average molecular weight is 269 g/mol. The molecule has 1 rings (SSSR count). The third-order valence-corrected chi connectivity index (χ3v) is 2.61. The van der Waals surface area contributed by atoms with Crippen LogP contribution in [0.25, 0.3) is 0 Å². The molecule has 9 heteroatoms. The molecule has 1 aliphatic heterocycles. The maximum absolute atomic E-state index is 12.6. The molecule has 102 valence electrons. The van der Waals surface area contributed by atoms with Gasteiger partial charge in [0.05, 0.1) is 6.54 Å². The predicted octanol–water partition coefficient (Wildman–Crippen LogP) is 1.89. The summed E-state index contributed by atoms with van der Waals surface area (Å²) in [5.41, 5.74) is -3.09. The minimum atomic E-state index is -4.96. The van der Waals surface area contributed by atoms with Crippen molar-refractivity contribution in [2.24, 2.45) is 0 Å². The first-order valence-electron chi connectivity index (χ1n) is 4.65. The van der Waals surface area contributed by atoms with Gasteiger partial charge in [-0.25, -0.2) is 8.78 Å². The molecule has 1 fully saturated rings. The van der Waals surface area contributed by atoms with Crippen LogP contribution in [-0.4, -0.2) is 53.8 Å². The standard InChI is InChI=1S/C8H10F7NO/c9-5(10)7(11,12)4-16-2-1-6(17,3-16)8(13,14)15/h5,17H,1-4H2. The predicted molar refractivity (Wildman–Crippen MR) is 43.0 cm³/mol. The van der Waals surface area contributed by atoms with Crippen molar-refractivity contribution in [1.82, 2.24) is 4.90 Å². The van der Waals surface area contributed by atoms with Crippen LogP contribution in [0.15, 0.2) is 0 Å². The van der Waals surface area contributed by atoms with E-state index >= 15 is 0 Å². The summed E-state index contributed by atoms with van der Waals surface area (Å²) in [6.45, 7) is -3.11. The van der Waals surface area contributed by atoms with Gasteiger partial charge in [0.1, 0.15) is 0 Å². The molecule has 0 aromatic rings. The number of rotatable bonds is 3. The first kappa shape index (κ1) is 14.5. The molecule has 17 heavy (non-hydrogen) atoms. The molecule has 0 aromatic heterocycles. The van der Waals surface area contributed by atoms with E-state index in [0.29, 0.717) is 4.90 Å². The molecule has 1 atom stereocenters. The number of hydrogen-bond acceptors (Lipinski definition) is 2. The molecule has 1 saturated heterocycles. The minimum Gasteiger partial charge on any atom is -0.379 e. The summed E-state index contributed by atoms with van der Waals surface area (Å²) in [6.07, 6.45) is -9.69. The normalized spacial score (nSPS) is 28.1. The zero-order valence-corrected chi connectivity index (χ0v) is 8.45. The van der Waals surface area contributed by atoms with Crippen molar-refractivity contribution in [1.29, 1.82) is 0 Å². The van der Waals surface area contributed by atoms with Crippen LogP contribution in [0.5, 0.6) is 0 Å². The quantitative estimate of drug-likeness (QED) is 0.791. The lowest BCUT2D eigenvalue weighted by molar-refractivity contribution is -0.255. The van der Waals surface area contributed by atoms with Gasteiger partial charge in [-0.05, 0) is 6.42 Å². The highest BCUT2D eigenvalue weighted by molar-refractivity contribution is 4.97. The lowest BCUT2D eigenvalue weighted by Gasteiger charge is -2.27. The van der Waals surface area contributed by atoms with E-state index in [-0.39, 0.29) is 0 Å². The van der Waals surface area contributed by atoms with Gasteiger partial charge in [-0.15, -0.1) is 0 Å². The Kier molecular flexibility index (Phi) is 3.64. The van der Waals surface area contributed by atoms with Crippen molar-refractivity contribution in [2.45, 2.75) is 30.5 Å². The van der Waals surface area contributed by atoms with Crippen LogP contribution in [0.2, 0.25) is 0 Å². The fraction of sp³-hybridized carbons (Fsp3) is 1.00. The van der Waals surface area contributed by atoms with Crippen molar-refractivity contribution < 1.29 is 35.8 Å². The number of hydrogen-bond donors (Lipinski definition) is 1. The summed E-state index contributed by atoms with van der Waals surface area (Å²) in [5.74, 6) is -4.38. The molecule has 0 saturated carbocycles. The Hall–Kier alpha value is -0.570. The highest BCUT2D eigenvalue weighted by Crippen LogP contribution is 2.38. The number of alkyl halides is 7. The Balaban J connectivity index is 2.63. The summed E-state index contributed by atoms with van der Waals surface area (Å²) in [4.78, 5) is 0.486. The van der Waals surface area contributed by atoms with Crippen LogP contribution in [0.1, 0.15) is 6.42 Å². The molecule has 1 aliphatic rings. The number of likely N-dealkylation sites (tertiary alicyclic amines) is 1. The number of halogens is 7. The van der Waals surface area contributed by atoms with E-state index < -0.39 is 50.2 Å². The third-order valence-electron chi connectivity index (χ3n) is 2.61. The SMILES string of the molecule is OC1(C(F)(F)F)CCN(CC(F)(F)C(F)F)C1. The van der Waals surface area contributed by atoms with Gasteiger partial charge < -0.3 is 5.11 Å². The van der Waals surface area contributed by atoms with Crippen molar-refractivity contribution in [3.05, 3.63) is 0 Å². The van der Waals surface area contributed by atoms with Gasteiger partial charge >= 0.3 is 18.5 Å². The van der Waals surface area contributed by atoms with Crippen molar-refractivity contribution >= 4 is 0 Å². The van der Waals surface area contributed by atoms with E-state index in [2.05, 4.69) is 0 Å². The van der Waals surface area contributed by atoms with Crippen molar-refractivity contribution in [3.8, 4) is 0 Å². The monoisotopic (exact) mass is 269 g/mol. The minimum absolute atomic E-state index is 0.486. The van der Waals surface area contributed by atoms with Crippen LogP contribution < -0.4 is 0 Å². The van der Waals surface area contributed by atoms with Gasteiger partial charge in [-0.1, -0.05) is 0 Å². The molecule has 1 unspecified atom stereocenters. The second-order valence-corrected chi connectivity index (χ2v) is 4.05. The highest BCUT2D eigenvalue weighted by atomic mass is 19.4. The molecule has 2 nitrogen and oxygen atoms in total. The smallest absolute Gasteiger partial charge is 0.379 e. The van der Waals surface area contributed by atoms with Gasteiger partial charge in [0.2, 0.25) is 0 Å². The van der Waals surface area contributed by atoms with E-state index in [1.807, 2.05) is 0 Å². The first-order valence-corrected chi connectivity index (χ1v) is 4.65. The van der Waals surface area contributed by atoms with E-state index in [1.165, 1.54) is 0 Å². The largest absolute Gasteiger partial charge is 0.418 e. The van der Waals surface area contributed by atoms with E-state index in [1.54, 1.807) is 0 Å². The van der Waals surface area contributed by atoms with Gasteiger partial charge in [-0.3, -0.25) is 4.90 Å². The summed E-state index contributed by atoms with van der Waals surface area (Å²) in [6, 6.07) is 0. The lowest BCUT2D eigenvalue weighted by atomic mass is 10.0. The molecule has 0 aromatic carbocycles. The van der Waals surface area contributed by atoms with Crippen molar-refractivity contribution in [3.63, 3.8) is 0 Å². The Morgan fingerprint density at radius 1 is 1.18 bits per heavy atom. The Morgan fingerprint density at radius 2 is 1.71 bits per heavy atom. The fourth-order valence-electron chi connectivity index (χ4n) is 1.60. The second kappa shape index (κ2) is 4.27. The fourth-order valence-corrected chi connectivity index (χ4v) is 1.60. The Morgan fingerprint density at radius 3 is 2.06 bits per heavy atom. The molecule has 0 bridgehead atoms. The molecular formula is C8H10F7NO. The van der Waals surface area contributed by atoms with Gasteiger partial charge in [0.15, 0.2) is 5.60 Å². The molecule has 0 aliphatic carbocycles. The zero-order chi connectivity index (χ0) is 13.5. The lowest BCUT2D eigenvalue weighted by Crippen LogP contribution is -2.49. The molecule has 1 N–H and O–H groups in total. The summed E-state index contributed by atoms with van der Waals surface area (Å²) in [7, 11) is 0. The molecule has 1 heterocycles. The zero-order valence-electron chi connectivity index (χ0n) is 8.45. The number of aliphatic hydroxyl groups is 1. The number of β-amino-alcohol motifs (C(OH)–C–C–N with tert-alkyl or cyclic N) is 1. The highest BCUT2D eigenvalue weighted by Gasteiger charge is 2.58. The maximum atomic E-state index is 12.6. The average Bonchev–Trinajstić information content (AvgIpc) is 2.46. The first-order chi connectivity index (χ1) is 7.48. The van der Waals surface area contributed by atoms with Gasteiger partial charge in [0, 0.05) is 13.1 Å². The molecule has 0 radical (unpaired) electrons. The second-order valence-electron chi connectivity index (χ2n) is 4.05. The third kappa shape index (κ3) is 3.01. The van der Waals surface area contributed by atoms with Crippen LogP contribution in [0, 0.1) is 0 Å². The summed E-state index contributed by atoms with van der Waals surface area (Å²) in [5, 5.41) is 9.13. The Labute approximate surface area is 92.0 Å². The number of nitrogens with zero attached hydrogens (tertiary/aromatic N) is 1. The topological polar surface area (TPSA) is 23.5 Å².